The summed E-state index contributed by atoms with van der Waals surface area (Å²) < 4.78 is 0. The predicted octanol–water partition coefficient (Wildman–Crippen LogP) is 3.96. The van der Waals surface area contributed by atoms with Gasteiger partial charge in [0.25, 0.3) is 0 Å². The Morgan fingerprint density at radius 2 is 1.65 bits per heavy atom. The Hall–Kier alpha value is -0.860. The monoisotopic (exact) mass is 274 g/mol. The molecule has 1 atom stereocenters. The summed E-state index contributed by atoms with van der Waals surface area (Å²) >= 11 is 0. The molecule has 0 aromatic heterocycles. The molecule has 1 aliphatic rings. The van der Waals surface area contributed by atoms with Gasteiger partial charge in [-0.1, -0.05) is 49.4 Å². The number of likely N-dealkylation sites (N-methyl/N-ethyl adjacent to an activating group) is 1. The molecule has 0 radical (unpaired) electrons. The van der Waals surface area contributed by atoms with Crippen molar-refractivity contribution in [3.05, 3.63) is 34.9 Å². The lowest BCUT2D eigenvalue weighted by Gasteiger charge is -2.45. The van der Waals surface area contributed by atoms with Crippen LogP contribution in [0.25, 0.3) is 0 Å². The van der Waals surface area contributed by atoms with Gasteiger partial charge in [0.2, 0.25) is 0 Å². The number of nitrogens with two attached hydrogens (primary N) is 1. The van der Waals surface area contributed by atoms with E-state index in [1.165, 1.54) is 55.2 Å². The first-order valence-electron chi connectivity index (χ1n) is 7.97. The third kappa shape index (κ3) is 2.91. The topological polar surface area (TPSA) is 29.3 Å². The molecule has 1 fully saturated rings. The second-order valence-electron chi connectivity index (χ2n) is 6.75. The zero-order chi connectivity index (χ0) is 14.8. The molecule has 1 aromatic rings. The van der Waals surface area contributed by atoms with Gasteiger partial charge in [0.05, 0.1) is 0 Å². The number of aryl methyl sites for hydroxylation is 2. The van der Waals surface area contributed by atoms with Crippen molar-refractivity contribution in [1.29, 1.82) is 0 Å². The summed E-state index contributed by atoms with van der Waals surface area (Å²) in [6, 6.07) is 6.80. The van der Waals surface area contributed by atoms with Gasteiger partial charge in [0.1, 0.15) is 0 Å². The summed E-state index contributed by atoms with van der Waals surface area (Å²) in [4.78, 5) is 2.39. The lowest BCUT2D eigenvalue weighted by molar-refractivity contribution is 0.0966. The lowest BCUT2D eigenvalue weighted by atomic mass is 9.77. The highest BCUT2D eigenvalue weighted by atomic mass is 15.2. The molecule has 2 N–H and O–H groups in total. The minimum atomic E-state index is 0.108. The smallest absolute Gasteiger partial charge is 0.0484 e. The van der Waals surface area contributed by atoms with Crippen LogP contribution in [-0.2, 0) is 0 Å². The molecule has 1 aliphatic carbocycles. The fourth-order valence-corrected chi connectivity index (χ4v) is 3.84. The normalized spacial score (nSPS) is 20.7. The van der Waals surface area contributed by atoms with E-state index in [-0.39, 0.29) is 11.6 Å². The Bertz CT molecular complexity index is 443. The van der Waals surface area contributed by atoms with E-state index in [0.29, 0.717) is 0 Å². The number of benzene rings is 1. The van der Waals surface area contributed by atoms with Crippen molar-refractivity contribution >= 4 is 0 Å². The Morgan fingerprint density at radius 1 is 1.05 bits per heavy atom. The number of nitrogens with zero attached hydrogens (tertiary/aromatic N) is 1. The summed E-state index contributed by atoms with van der Waals surface area (Å²) in [6.07, 6.45) is 7.75. The van der Waals surface area contributed by atoms with Crippen LogP contribution in [0, 0.1) is 13.8 Å². The molecule has 20 heavy (non-hydrogen) atoms. The minimum absolute atomic E-state index is 0.108. The molecule has 2 rings (SSSR count). The highest BCUT2D eigenvalue weighted by Gasteiger charge is 2.40. The van der Waals surface area contributed by atoms with E-state index in [2.05, 4.69) is 51.0 Å². The highest BCUT2D eigenvalue weighted by molar-refractivity contribution is 5.34. The van der Waals surface area contributed by atoms with Crippen molar-refractivity contribution in [2.75, 3.05) is 14.1 Å². The van der Waals surface area contributed by atoms with Crippen molar-refractivity contribution in [2.45, 2.75) is 64.0 Å². The first-order chi connectivity index (χ1) is 9.47. The molecule has 1 saturated carbocycles. The van der Waals surface area contributed by atoms with Crippen LogP contribution >= 0.6 is 0 Å². The number of rotatable bonds is 3. The fraction of sp³-hybridized carbons (Fsp3) is 0.667. The molecule has 1 aromatic carbocycles. The molecule has 112 valence electrons. The van der Waals surface area contributed by atoms with Gasteiger partial charge in [0, 0.05) is 11.6 Å². The van der Waals surface area contributed by atoms with E-state index in [1.54, 1.807) is 0 Å². The predicted molar refractivity (Wildman–Crippen MR) is 87.0 cm³/mol. The van der Waals surface area contributed by atoms with Crippen LogP contribution < -0.4 is 5.73 Å². The van der Waals surface area contributed by atoms with Gasteiger partial charge in [0.15, 0.2) is 0 Å². The Balaban J connectivity index is 2.37. The molecular formula is C18H30N2. The zero-order valence-electron chi connectivity index (χ0n) is 13.6. The number of hydrogen-bond donors (Lipinski definition) is 1. The number of hydrogen-bond acceptors (Lipinski definition) is 2. The molecular weight excluding hydrogens is 244 g/mol. The summed E-state index contributed by atoms with van der Waals surface area (Å²) in [5.41, 5.74) is 10.9. The van der Waals surface area contributed by atoms with Gasteiger partial charge in [-0.25, -0.2) is 0 Å². The summed E-state index contributed by atoms with van der Waals surface area (Å²) in [5, 5.41) is 0. The van der Waals surface area contributed by atoms with Crippen molar-refractivity contribution < 1.29 is 0 Å². The molecule has 0 spiro atoms. The van der Waals surface area contributed by atoms with E-state index in [0.717, 1.165) is 0 Å². The van der Waals surface area contributed by atoms with Gasteiger partial charge in [-0.05, 0) is 51.9 Å². The van der Waals surface area contributed by atoms with Crippen molar-refractivity contribution in [3.8, 4) is 0 Å². The van der Waals surface area contributed by atoms with Crippen LogP contribution in [0.1, 0.15) is 61.3 Å². The average Bonchev–Trinajstić information content (AvgIpc) is 2.64. The Labute approximate surface area is 124 Å². The molecule has 2 nitrogen and oxygen atoms in total. The lowest BCUT2D eigenvalue weighted by Crippen LogP contribution is -2.52. The molecule has 0 aliphatic heterocycles. The van der Waals surface area contributed by atoms with E-state index >= 15 is 0 Å². The van der Waals surface area contributed by atoms with Crippen LogP contribution in [0.4, 0.5) is 0 Å². The van der Waals surface area contributed by atoms with Gasteiger partial charge in [-0.2, -0.15) is 0 Å². The van der Waals surface area contributed by atoms with Gasteiger partial charge in [-0.15, -0.1) is 0 Å². The Kier molecular flexibility index (Phi) is 4.87. The van der Waals surface area contributed by atoms with Gasteiger partial charge < -0.3 is 10.6 Å². The van der Waals surface area contributed by atoms with E-state index < -0.39 is 0 Å². The molecule has 0 saturated heterocycles. The third-order valence-corrected chi connectivity index (χ3v) is 5.20. The first-order valence-corrected chi connectivity index (χ1v) is 7.97. The Morgan fingerprint density at radius 3 is 2.15 bits per heavy atom. The second-order valence-corrected chi connectivity index (χ2v) is 6.75. The van der Waals surface area contributed by atoms with Crippen LogP contribution in [-0.4, -0.2) is 24.5 Å². The summed E-state index contributed by atoms with van der Waals surface area (Å²) in [7, 11) is 4.41. The van der Waals surface area contributed by atoms with Crippen molar-refractivity contribution in [1.82, 2.24) is 4.90 Å². The van der Waals surface area contributed by atoms with Crippen LogP contribution in [0.5, 0.6) is 0 Å². The molecule has 0 bridgehead atoms. The molecule has 2 heteroatoms. The van der Waals surface area contributed by atoms with Crippen LogP contribution in [0.2, 0.25) is 0 Å². The van der Waals surface area contributed by atoms with Crippen LogP contribution in [0.15, 0.2) is 18.2 Å². The maximum atomic E-state index is 6.78. The molecule has 0 amide bonds. The third-order valence-electron chi connectivity index (χ3n) is 5.20. The van der Waals surface area contributed by atoms with Crippen LogP contribution in [0.3, 0.4) is 0 Å². The van der Waals surface area contributed by atoms with E-state index in [1.807, 2.05) is 0 Å². The van der Waals surface area contributed by atoms with Gasteiger partial charge in [-0.3, -0.25) is 0 Å². The van der Waals surface area contributed by atoms with E-state index in [4.69, 9.17) is 5.73 Å². The maximum Gasteiger partial charge on any atom is 0.0484 e. The fourth-order valence-electron chi connectivity index (χ4n) is 3.84. The zero-order valence-corrected chi connectivity index (χ0v) is 13.6. The average molecular weight is 274 g/mol. The summed E-state index contributed by atoms with van der Waals surface area (Å²) in [6.45, 7) is 4.35. The van der Waals surface area contributed by atoms with Crippen molar-refractivity contribution in [2.24, 2.45) is 5.73 Å². The van der Waals surface area contributed by atoms with Gasteiger partial charge >= 0.3 is 0 Å². The standard InChI is InChI=1S/C18H30N2/c1-14-9-10-16(15(2)13-14)17(19)18(20(3)4)11-7-5-6-8-12-18/h9-10,13,17H,5-8,11-12,19H2,1-4H3. The highest BCUT2D eigenvalue weighted by Crippen LogP contribution is 2.40. The second kappa shape index (κ2) is 6.28. The summed E-state index contributed by atoms with van der Waals surface area (Å²) in [5.74, 6) is 0. The molecule has 1 unspecified atom stereocenters. The quantitative estimate of drug-likeness (QED) is 0.845. The van der Waals surface area contributed by atoms with E-state index in [9.17, 15) is 0 Å². The van der Waals surface area contributed by atoms with Crippen molar-refractivity contribution in [3.63, 3.8) is 0 Å². The maximum absolute atomic E-state index is 6.78. The largest absolute Gasteiger partial charge is 0.322 e. The first kappa shape index (κ1) is 15.5. The molecule has 0 heterocycles. The SMILES string of the molecule is Cc1ccc(C(N)C2(N(C)C)CCCCCC2)c(C)c1. The minimum Gasteiger partial charge on any atom is -0.322 e.